The Labute approximate surface area is 111 Å². The van der Waals surface area contributed by atoms with Gasteiger partial charge in [0.1, 0.15) is 0 Å². The molecular weight excluding hydrogens is 204 g/mol. The fraction of sp³-hybridized carbons (Fsp3) is 1.00. The SMILES string of the molecule is CCCCC(C(C)(C)C)(C(C)(C)C)C(C)(C)C. The molecule has 0 atom stereocenters. The van der Waals surface area contributed by atoms with Gasteiger partial charge in [-0.25, -0.2) is 0 Å². The summed E-state index contributed by atoms with van der Waals surface area (Å²) >= 11 is 0. The third-order valence-corrected chi connectivity index (χ3v) is 4.75. The van der Waals surface area contributed by atoms with Crippen LogP contribution in [0.5, 0.6) is 0 Å². The average Bonchev–Trinajstić information content (AvgIpc) is 1.96. The Kier molecular flexibility index (Phi) is 4.94. The maximum Gasteiger partial charge on any atom is -0.0152 e. The quantitative estimate of drug-likeness (QED) is 0.543. The fourth-order valence-electron chi connectivity index (χ4n) is 4.94. The van der Waals surface area contributed by atoms with Crippen molar-refractivity contribution in [2.45, 2.75) is 88.5 Å². The van der Waals surface area contributed by atoms with E-state index in [4.69, 9.17) is 0 Å². The molecule has 0 amide bonds. The van der Waals surface area contributed by atoms with Crippen LogP contribution < -0.4 is 0 Å². The van der Waals surface area contributed by atoms with Crippen LogP contribution in [-0.4, -0.2) is 0 Å². The largest absolute Gasteiger partial charge is 0.0654 e. The van der Waals surface area contributed by atoms with Gasteiger partial charge in [-0.1, -0.05) is 82.1 Å². The minimum absolute atomic E-state index is 0.332. The van der Waals surface area contributed by atoms with E-state index in [-0.39, 0.29) is 0 Å². The molecule has 0 aliphatic heterocycles. The van der Waals surface area contributed by atoms with Crippen LogP contribution in [0.15, 0.2) is 0 Å². The van der Waals surface area contributed by atoms with E-state index in [2.05, 4.69) is 69.2 Å². The lowest BCUT2D eigenvalue weighted by atomic mass is 9.43. The summed E-state index contributed by atoms with van der Waals surface area (Å²) in [7, 11) is 0. The van der Waals surface area contributed by atoms with Crippen molar-refractivity contribution in [1.29, 1.82) is 0 Å². The Bertz CT molecular complexity index is 190. The van der Waals surface area contributed by atoms with Crippen molar-refractivity contribution < 1.29 is 0 Å². The third-order valence-electron chi connectivity index (χ3n) is 4.75. The van der Waals surface area contributed by atoms with Crippen molar-refractivity contribution in [3.63, 3.8) is 0 Å². The Balaban J connectivity index is 5.75. The van der Waals surface area contributed by atoms with Gasteiger partial charge in [-0.15, -0.1) is 0 Å². The highest BCUT2D eigenvalue weighted by molar-refractivity contribution is 5.04. The summed E-state index contributed by atoms with van der Waals surface area (Å²) in [5.74, 6) is 0. The standard InChI is InChI=1S/C17H36/c1-11-12-13-17(14(2,3)4,15(5,6)7)16(8,9)10/h11-13H2,1-10H3. The highest BCUT2D eigenvalue weighted by Gasteiger charge is 2.56. The van der Waals surface area contributed by atoms with Crippen LogP contribution >= 0.6 is 0 Å². The zero-order valence-electron chi connectivity index (χ0n) is 14.1. The van der Waals surface area contributed by atoms with Crippen LogP contribution in [0.4, 0.5) is 0 Å². The van der Waals surface area contributed by atoms with Gasteiger partial charge in [-0.3, -0.25) is 0 Å². The van der Waals surface area contributed by atoms with Gasteiger partial charge in [0.15, 0.2) is 0 Å². The molecule has 0 aromatic heterocycles. The summed E-state index contributed by atoms with van der Waals surface area (Å²) < 4.78 is 0. The van der Waals surface area contributed by atoms with Crippen LogP contribution in [0, 0.1) is 21.7 Å². The number of rotatable bonds is 3. The smallest absolute Gasteiger partial charge is 0.0152 e. The van der Waals surface area contributed by atoms with E-state index in [0.717, 1.165) is 0 Å². The zero-order valence-corrected chi connectivity index (χ0v) is 14.1. The first-order valence-corrected chi connectivity index (χ1v) is 7.31. The topological polar surface area (TPSA) is 0 Å². The molecule has 0 aliphatic carbocycles. The van der Waals surface area contributed by atoms with E-state index >= 15 is 0 Å². The molecule has 0 unspecified atom stereocenters. The molecule has 0 fully saturated rings. The molecule has 0 aromatic carbocycles. The Morgan fingerprint density at radius 2 is 0.882 bits per heavy atom. The molecule has 0 heteroatoms. The minimum Gasteiger partial charge on any atom is -0.0654 e. The maximum atomic E-state index is 2.43. The second-order valence-electron chi connectivity index (χ2n) is 8.76. The Hall–Kier alpha value is 0. The maximum absolute atomic E-state index is 2.43. The van der Waals surface area contributed by atoms with Crippen molar-refractivity contribution >= 4 is 0 Å². The van der Waals surface area contributed by atoms with Crippen molar-refractivity contribution in [3.8, 4) is 0 Å². The molecular formula is C17H36. The summed E-state index contributed by atoms with van der Waals surface area (Å²) in [4.78, 5) is 0. The first-order valence-electron chi connectivity index (χ1n) is 7.31. The molecule has 0 spiro atoms. The first kappa shape index (κ1) is 17.0. The normalized spacial score (nSPS) is 15.2. The first-order chi connectivity index (χ1) is 7.31. The zero-order chi connectivity index (χ0) is 14.1. The fourth-order valence-corrected chi connectivity index (χ4v) is 4.94. The van der Waals surface area contributed by atoms with Crippen LogP contribution in [0.3, 0.4) is 0 Å². The third kappa shape index (κ3) is 3.06. The molecule has 0 saturated heterocycles. The van der Waals surface area contributed by atoms with Gasteiger partial charge in [0.05, 0.1) is 0 Å². The molecule has 0 aromatic rings. The van der Waals surface area contributed by atoms with Crippen LogP contribution in [-0.2, 0) is 0 Å². The van der Waals surface area contributed by atoms with Gasteiger partial charge in [-0.05, 0) is 28.1 Å². The van der Waals surface area contributed by atoms with Crippen LogP contribution in [0.1, 0.15) is 88.5 Å². The molecule has 0 nitrogen and oxygen atoms in total. The number of unbranched alkanes of at least 4 members (excludes halogenated alkanes) is 1. The van der Waals surface area contributed by atoms with E-state index in [0.29, 0.717) is 21.7 Å². The van der Waals surface area contributed by atoms with Gasteiger partial charge < -0.3 is 0 Å². The molecule has 0 bridgehead atoms. The van der Waals surface area contributed by atoms with Crippen molar-refractivity contribution in [2.24, 2.45) is 21.7 Å². The van der Waals surface area contributed by atoms with Gasteiger partial charge >= 0.3 is 0 Å². The van der Waals surface area contributed by atoms with E-state index in [1.807, 2.05) is 0 Å². The summed E-state index contributed by atoms with van der Waals surface area (Å²) in [5, 5.41) is 0. The molecule has 104 valence electrons. The summed E-state index contributed by atoms with van der Waals surface area (Å²) in [5.41, 5.74) is 1.36. The van der Waals surface area contributed by atoms with Crippen molar-refractivity contribution in [2.75, 3.05) is 0 Å². The molecule has 0 saturated carbocycles. The molecule has 0 heterocycles. The van der Waals surface area contributed by atoms with Gasteiger partial charge in [0, 0.05) is 0 Å². The van der Waals surface area contributed by atoms with Crippen LogP contribution in [0.2, 0.25) is 0 Å². The van der Waals surface area contributed by atoms with Crippen LogP contribution in [0.25, 0.3) is 0 Å². The highest BCUT2D eigenvalue weighted by Crippen LogP contribution is 2.63. The van der Waals surface area contributed by atoms with E-state index in [1.54, 1.807) is 0 Å². The molecule has 0 aliphatic rings. The Morgan fingerprint density at radius 3 is 1.06 bits per heavy atom. The minimum atomic E-state index is 0.332. The lowest BCUT2D eigenvalue weighted by molar-refractivity contribution is -0.129. The van der Waals surface area contributed by atoms with Crippen molar-refractivity contribution in [1.82, 2.24) is 0 Å². The van der Waals surface area contributed by atoms with Gasteiger partial charge in [0.2, 0.25) is 0 Å². The Morgan fingerprint density at radius 1 is 0.588 bits per heavy atom. The van der Waals surface area contributed by atoms with Gasteiger partial charge in [-0.2, -0.15) is 0 Å². The lowest BCUT2D eigenvalue weighted by Crippen LogP contribution is -2.54. The second-order valence-corrected chi connectivity index (χ2v) is 8.76. The lowest BCUT2D eigenvalue weighted by Gasteiger charge is -2.61. The average molecular weight is 240 g/mol. The van der Waals surface area contributed by atoms with E-state index < -0.39 is 0 Å². The summed E-state index contributed by atoms with van der Waals surface area (Å²) in [6.07, 6.45) is 3.97. The van der Waals surface area contributed by atoms with E-state index in [9.17, 15) is 0 Å². The monoisotopic (exact) mass is 240 g/mol. The molecule has 0 rings (SSSR count). The number of hydrogen-bond acceptors (Lipinski definition) is 0. The predicted octanol–water partition coefficient (Wildman–Crippen LogP) is 6.30. The van der Waals surface area contributed by atoms with Crippen molar-refractivity contribution in [3.05, 3.63) is 0 Å². The summed E-state index contributed by atoms with van der Waals surface area (Å²) in [6.45, 7) is 24.2. The molecule has 17 heavy (non-hydrogen) atoms. The number of hydrogen-bond donors (Lipinski definition) is 0. The molecule has 0 radical (unpaired) electrons. The summed E-state index contributed by atoms with van der Waals surface area (Å²) in [6, 6.07) is 0. The second kappa shape index (κ2) is 4.94. The van der Waals surface area contributed by atoms with Gasteiger partial charge in [0.25, 0.3) is 0 Å². The predicted molar refractivity (Wildman–Crippen MR) is 80.3 cm³/mol. The van der Waals surface area contributed by atoms with E-state index in [1.165, 1.54) is 19.3 Å². The molecule has 0 N–H and O–H groups in total. The highest BCUT2D eigenvalue weighted by atomic mass is 14.6.